The van der Waals surface area contributed by atoms with Crippen molar-refractivity contribution < 1.29 is 61.2 Å². The first-order chi connectivity index (χ1) is 11.7. The average Bonchev–Trinajstić information content (AvgIpc) is 2.60. The first-order valence-corrected chi connectivity index (χ1v) is 8.34. The number of hydrogen-bond acceptors (Lipinski definition) is 5. The molecule has 1 aromatic carbocycles. The maximum absolute atomic E-state index is 9.41. The van der Waals surface area contributed by atoms with Crippen LogP contribution in [0.15, 0.2) is 36.5 Å². The summed E-state index contributed by atoms with van der Waals surface area (Å²) in [4.78, 5) is 8.12. The molecule has 0 aliphatic heterocycles. The summed E-state index contributed by atoms with van der Waals surface area (Å²) in [6, 6.07) is 10.1. The Bertz CT molecular complexity index is 613. The van der Waals surface area contributed by atoms with Crippen LogP contribution in [-0.4, -0.2) is 34.3 Å². The van der Waals surface area contributed by atoms with Crippen molar-refractivity contribution in [1.82, 2.24) is 9.97 Å². The van der Waals surface area contributed by atoms with Crippen molar-refractivity contribution in [2.24, 2.45) is 0 Å². The number of nitrogens with zero attached hydrogens (tertiary/aromatic N) is 3. The van der Waals surface area contributed by atoms with Crippen LogP contribution in [-0.2, 0) is 6.42 Å². The zero-order valence-corrected chi connectivity index (χ0v) is 18.2. The maximum Gasteiger partial charge on any atom is 1.00 e. The number of aromatic nitrogens is 2. The monoisotopic (exact) mass is 368 g/mol. The number of anilines is 1. The molecule has 1 unspecified atom stereocenters. The van der Waals surface area contributed by atoms with Gasteiger partial charge in [0.05, 0.1) is 12.8 Å². The van der Waals surface area contributed by atoms with Gasteiger partial charge in [-0.25, -0.2) is 4.98 Å². The van der Waals surface area contributed by atoms with Crippen LogP contribution in [0.3, 0.4) is 0 Å². The number of hydrogen-bond donors (Lipinski definition) is 2. The molecule has 0 aliphatic rings. The smallest absolute Gasteiger partial charge is 0.492 e. The van der Waals surface area contributed by atoms with Crippen LogP contribution in [0.4, 0.5) is 11.8 Å². The van der Waals surface area contributed by atoms with Crippen LogP contribution in [0, 0.1) is 0 Å². The van der Waals surface area contributed by atoms with Gasteiger partial charge in [-0.05, 0) is 36.7 Å². The number of rotatable bonds is 10. The van der Waals surface area contributed by atoms with Gasteiger partial charge in [-0.15, -0.1) is 0 Å². The zero-order valence-electron chi connectivity index (χ0n) is 15.1. The number of nitrogen functional groups attached to an aromatic ring is 1. The van der Waals surface area contributed by atoms with Crippen LogP contribution in [0.5, 0.6) is 5.75 Å². The van der Waals surface area contributed by atoms with Crippen molar-refractivity contribution in [3.8, 4) is 5.75 Å². The minimum Gasteiger partial charge on any atom is -0.492 e. The number of nitrogens with two attached hydrogens (primary N) is 1. The van der Waals surface area contributed by atoms with E-state index in [0.29, 0.717) is 18.2 Å². The molecule has 1 atom stereocenters. The third-order valence-electron chi connectivity index (χ3n) is 3.60. The number of ether oxygens (including phenoxy) is 1. The Morgan fingerprint density at radius 3 is 2.72 bits per heavy atom. The van der Waals surface area contributed by atoms with E-state index in [0.717, 1.165) is 25.7 Å². The van der Waals surface area contributed by atoms with Gasteiger partial charge in [-0.1, -0.05) is 43.7 Å². The largest absolute Gasteiger partial charge is 1.00 e. The van der Waals surface area contributed by atoms with E-state index >= 15 is 0 Å². The second-order valence-electron chi connectivity index (χ2n) is 5.61. The van der Waals surface area contributed by atoms with Gasteiger partial charge >= 0.3 is 51.4 Å². The number of aliphatic hydroxyl groups excluding tert-OH is 1. The van der Waals surface area contributed by atoms with Gasteiger partial charge in [-0.3, -0.25) is 0 Å². The van der Waals surface area contributed by atoms with E-state index < -0.39 is 0 Å². The van der Waals surface area contributed by atoms with Gasteiger partial charge in [0, 0.05) is 6.61 Å². The number of aliphatic hydroxyl groups is 1. The van der Waals surface area contributed by atoms with Gasteiger partial charge in [0.15, 0.2) is 0 Å². The van der Waals surface area contributed by atoms with Crippen LogP contribution in [0.1, 0.15) is 31.7 Å². The summed E-state index contributed by atoms with van der Waals surface area (Å²) in [5.74, 6) is 1.07. The van der Waals surface area contributed by atoms with Crippen LogP contribution < -0.4 is 61.9 Å². The fourth-order valence-corrected chi connectivity index (χ4v) is 2.38. The SMILES string of the molecule is CCCC(CO)[N-]c1nc(N)ncc1OCCCc1ccccc1.[K+]. The summed E-state index contributed by atoms with van der Waals surface area (Å²) >= 11 is 0. The summed E-state index contributed by atoms with van der Waals surface area (Å²) < 4.78 is 5.78. The molecule has 25 heavy (non-hydrogen) atoms. The second-order valence-corrected chi connectivity index (χ2v) is 5.61. The van der Waals surface area contributed by atoms with E-state index in [4.69, 9.17) is 10.5 Å². The quantitative estimate of drug-likeness (QED) is 0.463. The molecular weight excluding hydrogens is 343 g/mol. The van der Waals surface area contributed by atoms with Gasteiger partial charge in [0.25, 0.3) is 0 Å². The maximum atomic E-state index is 9.41. The molecule has 0 saturated heterocycles. The molecule has 0 fully saturated rings. The molecule has 3 N–H and O–H groups in total. The van der Waals surface area contributed by atoms with Crippen molar-refractivity contribution in [2.75, 3.05) is 18.9 Å². The van der Waals surface area contributed by atoms with Gasteiger partial charge < -0.3 is 25.9 Å². The van der Waals surface area contributed by atoms with E-state index in [-0.39, 0.29) is 70.0 Å². The van der Waals surface area contributed by atoms with E-state index in [1.807, 2.05) is 25.1 Å². The molecular formula is C18H25KN4O2. The normalized spacial score (nSPS) is 11.4. The zero-order chi connectivity index (χ0) is 17.2. The Morgan fingerprint density at radius 1 is 1.28 bits per heavy atom. The van der Waals surface area contributed by atoms with Gasteiger partial charge in [0.2, 0.25) is 0 Å². The Balaban J connectivity index is 0.00000312. The molecule has 6 nitrogen and oxygen atoms in total. The van der Waals surface area contributed by atoms with Gasteiger partial charge in [-0.2, -0.15) is 0 Å². The Kier molecular flexibility index (Phi) is 11.3. The molecule has 0 saturated carbocycles. The minimum atomic E-state index is -0.198. The first kappa shape index (κ1) is 22.3. The molecule has 1 aromatic heterocycles. The first-order valence-electron chi connectivity index (χ1n) is 8.34. The molecule has 0 bridgehead atoms. The summed E-state index contributed by atoms with van der Waals surface area (Å²) in [5, 5.41) is 13.9. The molecule has 1 heterocycles. The number of aryl methyl sites for hydroxylation is 1. The predicted molar refractivity (Wildman–Crippen MR) is 95.5 cm³/mol. The van der Waals surface area contributed by atoms with E-state index in [2.05, 4.69) is 27.4 Å². The van der Waals surface area contributed by atoms with E-state index in [9.17, 15) is 5.11 Å². The van der Waals surface area contributed by atoms with E-state index in [1.54, 1.807) is 6.20 Å². The molecule has 0 radical (unpaired) electrons. The predicted octanol–water partition coefficient (Wildman–Crippen LogP) is 0.241. The molecule has 7 heteroatoms. The molecule has 0 spiro atoms. The Morgan fingerprint density at radius 2 is 2.04 bits per heavy atom. The molecule has 2 rings (SSSR count). The van der Waals surface area contributed by atoms with E-state index in [1.165, 1.54) is 5.56 Å². The van der Waals surface area contributed by atoms with Crippen molar-refractivity contribution >= 4 is 11.8 Å². The topological polar surface area (TPSA) is 95.4 Å². The number of benzene rings is 1. The Labute approximate surface area is 192 Å². The second kappa shape index (κ2) is 12.6. The van der Waals surface area contributed by atoms with Crippen molar-refractivity contribution in [3.05, 3.63) is 47.4 Å². The van der Waals surface area contributed by atoms with Crippen molar-refractivity contribution in [1.29, 1.82) is 0 Å². The van der Waals surface area contributed by atoms with Crippen molar-refractivity contribution in [2.45, 2.75) is 38.6 Å². The molecule has 2 aromatic rings. The van der Waals surface area contributed by atoms with Crippen LogP contribution >= 0.6 is 0 Å². The summed E-state index contributed by atoms with van der Waals surface area (Å²) in [6.07, 6.45) is 5.09. The molecule has 0 aliphatic carbocycles. The third-order valence-corrected chi connectivity index (χ3v) is 3.60. The minimum absolute atomic E-state index is 0. The fourth-order valence-electron chi connectivity index (χ4n) is 2.38. The summed E-state index contributed by atoms with van der Waals surface area (Å²) in [6.45, 7) is 2.57. The summed E-state index contributed by atoms with van der Waals surface area (Å²) in [5.41, 5.74) is 6.93. The van der Waals surface area contributed by atoms with Gasteiger partial charge in [0.1, 0.15) is 11.7 Å². The molecule has 130 valence electrons. The van der Waals surface area contributed by atoms with Crippen molar-refractivity contribution in [3.63, 3.8) is 0 Å². The fraction of sp³-hybridized carbons (Fsp3) is 0.444. The Hall–Kier alpha value is -0.704. The third kappa shape index (κ3) is 8.02. The standard InChI is InChI=1S/C18H25N4O2.K/c1-2-7-15(13-23)21-17-16(12-20-18(19)22-17)24-11-6-10-14-8-4-3-5-9-14;/h3-5,8-9,12,15,23H,2,6-7,10-11,13H2,1H3,(H2-,19,20,21,22);/q-1;+1. The van der Waals surface area contributed by atoms with Crippen LogP contribution in [0.2, 0.25) is 0 Å². The summed E-state index contributed by atoms with van der Waals surface area (Å²) in [7, 11) is 0. The molecule has 0 amide bonds. The van der Waals surface area contributed by atoms with Crippen LogP contribution in [0.25, 0.3) is 5.32 Å². The average molecular weight is 369 g/mol.